The van der Waals surface area contributed by atoms with Crippen molar-refractivity contribution in [3.63, 3.8) is 0 Å². The fraction of sp³-hybridized carbons (Fsp3) is 0.0909. The molecular weight excluding hydrogens is 398 g/mol. The van der Waals surface area contributed by atoms with Gasteiger partial charge in [-0.05, 0) is 36.4 Å². The monoisotopic (exact) mass is 415 g/mol. The lowest BCUT2D eigenvalue weighted by Crippen LogP contribution is -1.97. The maximum Gasteiger partial charge on any atom is 0.226 e. The zero-order valence-electron chi connectivity index (χ0n) is 16.1. The number of para-hydroxylation sites is 1. The normalized spacial score (nSPS) is 11.1. The highest BCUT2D eigenvalue weighted by molar-refractivity contribution is 7.98. The van der Waals surface area contributed by atoms with Crippen LogP contribution in [0.4, 0.5) is 0 Å². The number of hydrogen-bond acceptors (Lipinski definition) is 7. The summed E-state index contributed by atoms with van der Waals surface area (Å²) in [6.45, 7) is 0. The molecule has 0 radical (unpaired) electrons. The topological polar surface area (TPSA) is 78.9 Å². The molecule has 0 saturated carbocycles. The lowest BCUT2D eigenvalue weighted by atomic mass is 10.2. The Morgan fingerprint density at radius 2 is 1.87 bits per heavy atom. The van der Waals surface area contributed by atoms with E-state index in [1.54, 1.807) is 37.7 Å². The van der Waals surface area contributed by atoms with Gasteiger partial charge in [-0.15, -0.1) is 0 Å². The van der Waals surface area contributed by atoms with Crippen molar-refractivity contribution in [2.45, 2.75) is 10.8 Å². The van der Waals surface area contributed by atoms with Crippen molar-refractivity contribution in [2.24, 2.45) is 0 Å². The van der Waals surface area contributed by atoms with Crippen LogP contribution >= 0.6 is 11.8 Å². The quantitative estimate of drug-likeness (QED) is 0.292. The highest BCUT2D eigenvalue weighted by atomic mass is 32.2. The van der Waals surface area contributed by atoms with E-state index in [2.05, 4.69) is 20.1 Å². The van der Waals surface area contributed by atoms with Crippen LogP contribution in [0.1, 0.15) is 5.69 Å². The van der Waals surface area contributed by atoms with Gasteiger partial charge in [0.05, 0.1) is 30.1 Å². The number of aromatic nitrogens is 5. The van der Waals surface area contributed by atoms with Crippen molar-refractivity contribution >= 4 is 22.8 Å². The zero-order valence-corrected chi connectivity index (χ0v) is 16.9. The summed E-state index contributed by atoms with van der Waals surface area (Å²) >= 11 is 1.58. The molecule has 8 heteroatoms. The maximum atomic E-state index is 5.65. The third-order valence-electron chi connectivity index (χ3n) is 4.58. The fourth-order valence-electron chi connectivity index (χ4n) is 3.08. The highest BCUT2D eigenvalue weighted by Crippen LogP contribution is 2.29. The van der Waals surface area contributed by atoms with Crippen LogP contribution in [0.25, 0.3) is 28.2 Å². The molecule has 7 nitrogen and oxygen atoms in total. The molecule has 0 aliphatic carbocycles. The van der Waals surface area contributed by atoms with E-state index >= 15 is 0 Å². The Bertz CT molecular complexity index is 1280. The van der Waals surface area contributed by atoms with E-state index < -0.39 is 0 Å². The van der Waals surface area contributed by atoms with Gasteiger partial charge in [0, 0.05) is 11.3 Å². The van der Waals surface area contributed by atoms with Crippen molar-refractivity contribution in [1.82, 2.24) is 24.7 Å². The number of oxazole rings is 1. The predicted molar refractivity (Wildman–Crippen MR) is 115 cm³/mol. The number of thioether (sulfide) groups is 1. The van der Waals surface area contributed by atoms with E-state index in [9.17, 15) is 0 Å². The van der Waals surface area contributed by atoms with E-state index in [1.807, 2.05) is 59.3 Å². The average Bonchev–Trinajstić information content (AvgIpc) is 3.46. The van der Waals surface area contributed by atoms with E-state index in [1.165, 1.54) is 0 Å². The molecule has 0 spiro atoms. The number of ether oxygens (including phenoxy) is 1. The molecule has 0 fully saturated rings. The summed E-state index contributed by atoms with van der Waals surface area (Å²) in [7, 11) is 1.64. The van der Waals surface area contributed by atoms with Gasteiger partial charge >= 0.3 is 0 Å². The fourth-order valence-corrected chi connectivity index (χ4v) is 3.92. The van der Waals surface area contributed by atoms with Crippen molar-refractivity contribution in [1.29, 1.82) is 0 Å². The Hall–Kier alpha value is -3.65. The zero-order chi connectivity index (χ0) is 20.3. The van der Waals surface area contributed by atoms with Gasteiger partial charge in [0.15, 0.2) is 5.65 Å². The van der Waals surface area contributed by atoms with Crippen molar-refractivity contribution < 1.29 is 9.15 Å². The Kier molecular flexibility index (Phi) is 4.90. The molecule has 2 aromatic carbocycles. The minimum atomic E-state index is 0.581. The summed E-state index contributed by atoms with van der Waals surface area (Å²) in [5, 5.41) is 6.26. The molecule has 0 saturated heterocycles. The first-order chi connectivity index (χ1) is 14.8. The smallest absolute Gasteiger partial charge is 0.226 e. The Morgan fingerprint density at radius 3 is 2.67 bits per heavy atom. The minimum absolute atomic E-state index is 0.581. The molecule has 148 valence electrons. The van der Waals surface area contributed by atoms with Gasteiger partial charge < -0.3 is 9.15 Å². The number of hydrogen-bond donors (Lipinski definition) is 0. The van der Waals surface area contributed by atoms with Gasteiger partial charge in [0.1, 0.15) is 23.4 Å². The molecule has 0 aliphatic heterocycles. The number of nitrogens with zero attached hydrogens (tertiary/aromatic N) is 5. The standard InChI is InChI=1S/C22H17N5O2S/c1-28-18-9-7-15(8-10-18)21-26-16(12-29-21)13-30-22-19-11-25-27(20(19)23-14-24-22)17-5-3-2-4-6-17/h2-12,14H,13H2,1H3. The van der Waals surface area contributed by atoms with Crippen LogP contribution in [-0.2, 0) is 5.75 Å². The van der Waals surface area contributed by atoms with Crippen LogP contribution in [0.2, 0.25) is 0 Å². The Morgan fingerprint density at radius 1 is 1.03 bits per heavy atom. The highest BCUT2D eigenvalue weighted by Gasteiger charge is 2.13. The summed E-state index contributed by atoms with van der Waals surface area (Å²) in [6, 6.07) is 17.5. The summed E-state index contributed by atoms with van der Waals surface area (Å²) < 4.78 is 12.7. The van der Waals surface area contributed by atoms with Gasteiger partial charge in [-0.25, -0.2) is 19.6 Å². The second kappa shape index (κ2) is 8.00. The first-order valence-corrected chi connectivity index (χ1v) is 10.3. The van der Waals surface area contributed by atoms with Gasteiger partial charge in [0.2, 0.25) is 5.89 Å². The molecule has 0 N–H and O–H groups in total. The molecule has 5 rings (SSSR count). The lowest BCUT2D eigenvalue weighted by Gasteiger charge is -2.03. The van der Waals surface area contributed by atoms with E-state index in [4.69, 9.17) is 9.15 Å². The summed E-state index contributed by atoms with van der Waals surface area (Å²) in [5.74, 6) is 2.00. The second-order valence-corrected chi connectivity index (χ2v) is 7.43. The van der Waals surface area contributed by atoms with Gasteiger partial charge in [-0.3, -0.25) is 0 Å². The van der Waals surface area contributed by atoms with E-state index in [-0.39, 0.29) is 0 Å². The minimum Gasteiger partial charge on any atom is -0.497 e. The number of methoxy groups -OCH3 is 1. The van der Waals surface area contributed by atoms with Crippen LogP contribution in [0.5, 0.6) is 5.75 Å². The molecule has 0 unspecified atom stereocenters. The maximum absolute atomic E-state index is 5.65. The van der Waals surface area contributed by atoms with Crippen LogP contribution < -0.4 is 4.74 Å². The van der Waals surface area contributed by atoms with Crippen LogP contribution in [0, 0.1) is 0 Å². The molecule has 5 aromatic rings. The summed E-state index contributed by atoms with van der Waals surface area (Å²) in [6.07, 6.45) is 5.05. The van der Waals surface area contributed by atoms with Crippen molar-refractivity contribution in [3.05, 3.63) is 79.1 Å². The summed E-state index contributed by atoms with van der Waals surface area (Å²) in [4.78, 5) is 13.5. The van der Waals surface area contributed by atoms with E-state index in [0.29, 0.717) is 11.6 Å². The molecule has 0 atom stereocenters. The predicted octanol–water partition coefficient (Wildman–Crippen LogP) is 4.77. The van der Waals surface area contributed by atoms with Crippen LogP contribution in [0.3, 0.4) is 0 Å². The van der Waals surface area contributed by atoms with Crippen LogP contribution in [-0.4, -0.2) is 31.8 Å². The largest absolute Gasteiger partial charge is 0.497 e. The number of fused-ring (bicyclic) bond motifs is 1. The molecular formula is C22H17N5O2S. The molecule has 3 heterocycles. The van der Waals surface area contributed by atoms with Crippen molar-refractivity contribution in [2.75, 3.05) is 7.11 Å². The number of rotatable bonds is 6. The third kappa shape index (κ3) is 3.53. The van der Waals surface area contributed by atoms with Gasteiger partial charge in [0.25, 0.3) is 0 Å². The van der Waals surface area contributed by atoms with Crippen LogP contribution in [0.15, 0.2) is 82.8 Å². The molecule has 0 bridgehead atoms. The first kappa shape index (κ1) is 18.4. The third-order valence-corrected chi connectivity index (χ3v) is 5.61. The number of benzene rings is 2. The van der Waals surface area contributed by atoms with Crippen molar-refractivity contribution in [3.8, 4) is 22.9 Å². The summed E-state index contributed by atoms with van der Waals surface area (Å²) in [5.41, 5.74) is 3.48. The molecule has 3 aromatic heterocycles. The molecule has 0 aliphatic rings. The Balaban J connectivity index is 1.36. The van der Waals surface area contributed by atoms with Gasteiger partial charge in [-0.2, -0.15) is 5.10 Å². The average molecular weight is 415 g/mol. The second-order valence-electron chi connectivity index (χ2n) is 6.47. The first-order valence-electron chi connectivity index (χ1n) is 9.27. The van der Waals surface area contributed by atoms with E-state index in [0.717, 1.165) is 38.8 Å². The lowest BCUT2D eigenvalue weighted by molar-refractivity contribution is 0.415. The molecule has 0 amide bonds. The Labute approximate surface area is 176 Å². The SMILES string of the molecule is COc1ccc(-c2nc(CSc3ncnc4c3cnn4-c3ccccc3)co2)cc1. The van der Waals surface area contributed by atoms with Gasteiger partial charge in [-0.1, -0.05) is 30.0 Å². The molecule has 30 heavy (non-hydrogen) atoms.